The van der Waals surface area contributed by atoms with Crippen molar-refractivity contribution in [1.29, 1.82) is 0 Å². The third-order valence-corrected chi connectivity index (χ3v) is 7.49. The van der Waals surface area contributed by atoms with Crippen LogP contribution in [-0.4, -0.2) is 60.4 Å². The van der Waals surface area contributed by atoms with Gasteiger partial charge in [0, 0.05) is 49.8 Å². The molecule has 1 saturated heterocycles. The molecule has 1 aromatic carbocycles. The molecule has 1 heterocycles. The number of rotatable bonds is 6. The van der Waals surface area contributed by atoms with E-state index >= 15 is 0 Å². The highest BCUT2D eigenvalue weighted by Gasteiger charge is 2.56. The van der Waals surface area contributed by atoms with Gasteiger partial charge in [0.05, 0.1) is 7.11 Å². The molecule has 1 aromatic rings. The van der Waals surface area contributed by atoms with Crippen molar-refractivity contribution in [3.8, 4) is 0 Å². The Hall–Kier alpha value is -2.40. The van der Waals surface area contributed by atoms with Crippen LogP contribution in [0.4, 0.5) is 0 Å². The van der Waals surface area contributed by atoms with Crippen LogP contribution in [0, 0.1) is 11.8 Å². The zero-order valence-corrected chi connectivity index (χ0v) is 19.0. The van der Waals surface area contributed by atoms with Crippen LogP contribution in [0.2, 0.25) is 0 Å². The standard InChI is InChI=1S/C26H34N2O3/c1-18(2)21-17-23(29)19(3)24(22(21)16-20-8-6-5-7-9-20)27-12-14-28(15-13-27)26(10-11-26)25(30)31-4/h5-9,21-22H,1,10-17H2,2-4H3. The van der Waals surface area contributed by atoms with E-state index in [4.69, 9.17) is 4.74 Å². The number of Topliss-reactive ketones (excluding diaryl/α,β-unsaturated/α-hetero) is 1. The van der Waals surface area contributed by atoms with E-state index in [9.17, 15) is 9.59 Å². The lowest BCUT2D eigenvalue weighted by Crippen LogP contribution is -2.55. The molecule has 0 aromatic heterocycles. The molecule has 0 spiro atoms. The van der Waals surface area contributed by atoms with E-state index in [0.29, 0.717) is 6.42 Å². The number of ether oxygens (including phenoxy) is 1. The second-order valence-electron chi connectivity index (χ2n) is 9.38. The highest BCUT2D eigenvalue weighted by molar-refractivity contribution is 5.97. The van der Waals surface area contributed by atoms with Crippen LogP contribution in [0.1, 0.15) is 38.7 Å². The number of piperazine rings is 1. The summed E-state index contributed by atoms with van der Waals surface area (Å²) in [5.74, 6) is 0.547. The predicted molar refractivity (Wildman–Crippen MR) is 121 cm³/mol. The van der Waals surface area contributed by atoms with Gasteiger partial charge in [-0.05, 0) is 44.6 Å². The van der Waals surface area contributed by atoms with Crippen molar-refractivity contribution in [2.75, 3.05) is 33.3 Å². The van der Waals surface area contributed by atoms with Gasteiger partial charge >= 0.3 is 5.97 Å². The van der Waals surface area contributed by atoms with Crippen LogP contribution in [0.3, 0.4) is 0 Å². The number of nitrogens with zero attached hydrogens (tertiary/aromatic N) is 2. The minimum atomic E-state index is -0.406. The number of methoxy groups -OCH3 is 1. The SMILES string of the molecule is C=C(C)C1CC(=O)C(C)=C(N2CCN(C3(C(=O)OC)CC3)CC2)C1Cc1ccccc1. The molecule has 2 unspecified atom stereocenters. The van der Waals surface area contributed by atoms with Gasteiger partial charge in [-0.15, -0.1) is 0 Å². The lowest BCUT2D eigenvalue weighted by atomic mass is 9.71. The number of ketones is 1. The quantitative estimate of drug-likeness (QED) is 0.518. The average molecular weight is 423 g/mol. The van der Waals surface area contributed by atoms with Crippen molar-refractivity contribution in [3.05, 3.63) is 59.3 Å². The normalized spacial score (nSPS) is 26.0. The Morgan fingerprint density at radius 2 is 1.81 bits per heavy atom. The minimum absolute atomic E-state index is 0.103. The van der Waals surface area contributed by atoms with Gasteiger partial charge < -0.3 is 9.64 Å². The van der Waals surface area contributed by atoms with Crippen LogP contribution in [-0.2, 0) is 20.7 Å². The van der Waals surface area contributed by atoms with Crippen molar-refractivity contribution in [1.82, 2.24) is 9.80 Å². The maximum atomic E-state index is 12.9. The fourth-order valence-corrected chi connectivity index (χ4v) is 5.54. The smallest absolute Gasteiger partial charge is 0.326 e. The molecule has 5 heteroatoms. The molecule has 1 saturated carbocycles. The second kappa shape index (κ2) is 8.62. The Labute approximate surface area is 185 Å². The van der Waals surface area contributed by atoms with Gasteiger partial charge in [-0.25, -0.2) is 0 Å². The summed E-state index contributed by atoms with van der Waals surface area (Å²) >= 11 is 0. The number of carbonyl (C=O) groups excluding carboxylic acids is 2. The van der Waals surface area contributed by atoms with E-state index in [2.05, 4.69) is 47.6 Å². The number of hydrogen-bond acceptors (Lipinski definition) is 5. The van der Waals surface area contributed by atoms with E-state index < -0.39 is 5.54 Å². The number of esters is 1. The van der Waals surface area contributed by atoms with Crippen LogP contribution in [0.25, 0.3) is 0 Å². The molecule has 2 fully saturated rings. The van der Waals surface area contributed by atoms with Crippen LogP contribution < -0.4 is 0 Å². The van der Waals surface area contributed by atoms with Crippen molar-refractivity contribution in [2.45, 2.75) is 45.1 Å². The molecule has 1 aliphatic heterocycles. The largest absolute Gasteiger partial charge is 0.468 e. The maximum Gasteiger partial charge on any atom is 0.326 e. The van der Waals surface area contributed by atoms with Gasteiger partial charge in [0.15, 0.2) is 5.78 Å². The third kappa shape index (κ3) is 4.08. The Balaban J connectivity index is 1.58. The number of allylic oxidation sites excluding steroid dienone is 3. The van der Waals surface area contributed by atoms with E-state index in [-0.39, 0.29) is 23.6 Å². The Kier molecular flexibility index (Phi) is 6.07. The molecule has 0 N–H and O–H groups in total. The molecule has 2 atom stereocenters. The zero-order chi connectivity index (χ0) is 22.2. The van der Waals surface area contributed by atoms with Gasteiger partial charge in [0.1, 0.15) is 5.54 Å². The molecule has 5 nitrogen and oxygen atoms in total. The lowest BCUT2D eigenvalue weighted by Gasteiger charge is -2.45. The summed E-state index contributed by atoms with van der Waals surface area (Å²) in [5.41, 5.74) is 4.06. The van der Waals surface area contributed by atoms with Crippen LogP contribution in [0.5, 0.6) is 0 Å². The fourth-order valence-electron chi connectivity index (χ4n) is 5.54. The first-order valence-corrected chi connectivity index (χ1v) is 11.4. The number of benzene rings is 1. The summed E-state index contributed by atoms with van der Waals surface area (Å²) in [7, 11) is 1.48. The van der Waals surface area contributed by atoms with Crippen LogP contribution in [0.15, 0.2) is 53.8 Å². The molecular weight excluding hydrogens is 388 g/mol. The molecule has 3 aliphatic rings. The maximum absolute atomic E-state index is 12.9. The highest BCUT2D eigenvalue weighted by Crippen LogP contribution is 2.45. The first kappa shape index (κ1) is 21.8. The predicted octanol–water partition coefficient (Wildman–Crippen LogP) is 3.61. The van der Waals surface area contributed by atoms with E-state index in [0.717, 1.165) is 56.6 Å². The Morgan fingerprint density at radius 3 is 2.35 bits per heavy atom. The van der Waals surface area contributed by atoms with Crippen molar-refractivity contribution >= 4 is 11.8 Å². The molecule has 0 amide bonds. The van der Waals surface area contributed by atoms with Gasteiger partial charge in [-0.2, -0.15) is 0 Å². The topological polar surface area (TPSA) is 49.9 Å². The summed E-state index contributed by atoms with van der Waals surface area (Å²) in [4.78, 5) is 29.9. The van der Waals surface area contributed by atoms with Crippen molar-refractivity contribution in [2.24, 2.45) is 11.8 Å². The zero-order valence-electron chi connectivity index (χ0n) is 19.0. The van der Waals surface area contributed by atoms with E-state index in [1.54, 1.807) is 0 Å². The molecule has 31 heavy (non-hydrogen) atoms. The van der Waals surface area contributed by atoms with Crippen LogP contribution >= 0.6 is 0 Å². The first-order chi connectivity index (χ1) is 14.9. The van der Waals surface area contributed by atoms with Gasteiger partial charge in [-0.1, -0.05) is 42.5 Å². The monoisotopic (exact) mass is 422 g/mol. The van der Waals surface area contributed by atoms with Gasteiger partial charge in [0.25, 0.3) is 0 Å². The summed E-state index contributed by atoms with van der Waals surface area (Å²) < 4.78 is 5.07. The summed E-state index contributed by atoms with van der Waals surface area (Å²) in [6, 6.07) is 10.5. The third-order valence-electron chi connectivity index (χ3n) is 7.49. The fraction of sp³-hybridized carbons (Fsp3) is 0.538. The van der Waals surface area contributed by atoms with Gasteiger partial charge in [0.2, 0.25) is 0 Å². The Morgan fingerprint density at radius 1 is 1.16 bits per heavy atom. The Bertz CT molecular complexity index is 892. The second-order valence-corrected chi connectivity index (χ2v) is 9.38. The summed E-state index contributed by atoms with van der Waals surface area (Å²) in [5, 5.41) is 0. The summed E-state index contributed by atoms with van der Waals surface area (Å²) in [6.45, 7) is 11.6. The van der Waals surface area contributed by atoms with Crippen molar-refractivity contribution in [3.63, 3.8) is 0 Å². The molecule has 166 valence electrons. The highest BCUT2D eigenvalue weighted by atomic mass is 16.5. The molecule has 4 rings (SSSR count). The number of hydrogen-bond donors (Lipinski definition) is 0. The van der Waals surface area contributed by atoms with Gasteiger partial charge in [-0.3, -0.25) is 14.5 Å². The molecule has 2 aliphatic carbocycles. The molecule has 0 bridgehead atoms. The number of carbonyl (C=O) groups is 2. The first-order valence-electron chi connectivity index (χ1n) is 11.4. The van der Waals surface area contributed by atoms with E-state index in [1.807, 2.05) is 13.0 Å². The van der Waals surface area contributed by atoms with E-state index in [1.165, 1.54) is 18.4 Å². The van der Waals surface area contributed by atoms with Crippen molar-refractivity contribution < 1.29 is 14.3 Å². The molecular formula is C26H34N2O3. The lowest BCUT2D eigenvalue weighted by molar-refractivity contribution is -0.149. The summed E-state index contributed by atoms with van der Waals surface area (Å²) in [6.07, 6.45) is 3.22. The molecule has 0 radical (unpaired) electrons. The minimum Gasteiger partial charge on any atom is -0.468 e. The average Bonchev–Trinajstić information content (AvgIpc) is 3.58.